The zero-order chi connectivity index (χ0) is 15.6. The minimum absolute atomic E-state index is 0.0169. The number of methoxy groups -OCH3 is 1. The first-order chi connectivity index (χ1) is 9.93. The van der Waals surface area contributed by atoms with E-state index in [2.05, 4.69) is 0 Å². The molecule has 1 heterocycles. The Balaban J connectivity index is 2.25. The predicted molar refractivity (Wildman–Crippen MR) is 72.2 cm³/mol. The number of nitro groups is 1. The Morgan fingerprint density at radius 2 is 2.10 bits per heavy atom. The lowest BCUT2D eigenvalue weighted by atomic mass is 9.96. The number of anilines is 1. The number of halogens is 1. The first kappa shape index (κ1) is 15.0. The standard InChI is InChI=1S/C13H15FN2O5/c1-21-12-7-10(9(14)6-11(12)16(19)20)15-4-2-8(3-5-15)13(17)18/h6-8H,2-5H2,1H3,(H,17,18). The van der Waals surface area contributed by atoms with Crippen LogP contribution in [0.25, 0.3) is 0 Å². The Kier molecular flexibility index (Phi) is 4.25. The van der Waals surface area contributed by atoms with Crippen LogP contribution in [0, 0.1) is 21.8 Å². The molecule has 0 bridgehead atoms. The second-order valence-corrected chi connectivity index (χ2v) is 4.83. The number of carboxylic acid groups (broad SMARTS) is 1. The molecule has 7 nitrogen and oxygen atoms in total. The van der Waals surface area contributed by atoms with Crippen LogP contribution in [0.2, 0.25) is 0 Å². The maximum atomic E-state index is 14.0. The van der Waals surface area contributed by atoms with Crippen molar-refractivity contribution in [3.8, 4) is 5.75 Å². The van der Waals surface area contributed by atoms with Gasteiger partial charge < -0.3 is 14.7 Å². The van der Waals surface area contributed by atoms with Crippen molar-refractivity contribution in [3.63, 3.8) is 0 Å². The number of aliphatic carboxylic acids is 1. The zero-order valence-electron chi connectivity index (χ0n) is 11.4. The third-order valence-electron chi connectivity index (χ3n) is 3.63. The molecule has 1 saturated heterocycles. The lowest BCUT2D eigenvalue weighted by Crippen LogP contribution is -2.36. The molecular formula is C13H15FN2O5. The number of ether oxygens (including phenoxy) is 1. The van der Waals surface area contributed by atoms with Crippen LogP contribution in [0.5, 0.6) is 5.75 Å². The summed E-state index contributed by atoms with van der Waals surface area (Å²) in [6.07, 6.45) is 0.822. The summed E-state index contributed by atoms with van der Waals surface area (Å²) in [5, 5.41) is 19.8. The van der Waals surface area contributed by atoms with E-state index in [9.17, 15) is 19.3 Å². The maximum absolute atomic E-state index is 14.0. The van der Waals surface area contributed by atoms with Gasteiger partial charge in [-0.1, -0.05) is 0 Å². The summed E-state index contributed by atoms with van der Waals surface area (Å²) in [5.74, 6) is -2.01. The van der Waals surface area contributed by atoms with E-state index >= 15 is 0 Å². The molecule has 0 spiro atoms. The molecule has 1 aromatic carbocycles. The van der Waals surface area contributed by atoms with Crippen LogP contribution in [0.3, 0.4) is 0 Å². The summed E-state index contributed by atoms with van der Waals surface area (Å²) in [4.78, 5) is 22.7. The summed E-state index contributed by atoms with van der Waals surface area (Å²) in [7, 11) is 1.28. The van der Waals surface area contributed by atoms with E-state index in [0.29, 0.717) is 25.9 Å². The van der Waals surface area contributed by atoms with Crippen molar-refractivity contribution in [1.29, 1.82) is 0 Å². The van der Waals surface area contributed by atoms with E-state index in [1.165, 1.54) is 13.2 Å². The average Bonchev–Trinajstić information content (AvgIpc) is 2.47. The largest absolute Gasteiger partial charge is 0.490 e. The van der Waals surface area contributed by atoms with Crippen molar-refractivity contribution < 1.29 is 24.0 Å². The van der Waals surface area contributed by atoms with Crippen LogP contribution >= 0.6 is 0 Å². The Morgan fingerprint density at radius 3 is 2.57 bits per heavy atom. The van der Waals surface area contributed by atoms with Gasteiger partial charge in [-0.3, -0.25) is 14.9 Å². The smallest absolute Gasteiger partial charge is 0.313 e. The van der Waals surface area contributed by atoms with Gasteiger partial charge in [0, 0.05) is 19.2 Å². The van der Waals surface area contributed by atoms with Gasteiger partial charge in [0.15, 0.2) is 11.6 Å². The van der Waals surface area contributed by atoms with Crippen molar-refractivity contribution in [2.24, 2.45) is 5.92 Å². The molecule has 0 saturated carbocycles. The molecule has 0 unspecified atom stereocenters. The van der Waals surface area contributed by atoms with Gasteiger partial charge in [-0.15, -0.1) is 0 Å². The van der Waals surface area contributed by atoms with Gasteiger partial charge in [-0.25, -0.2) is 4.39 Å². The van der Waals surface area contributed by atoms with Gasteiger partial charge in [0.2, 0.25) is 0 Å². The van der Waals surface area contributed by atoms with Crippen molar-refractivity contribution in [3.05, 3.63) is 28.1 Å². The number of piperidine rings is 1. The first-order valence-corrected chi connectivity index (χ1v) is 6.43. The van der Waals surface area contributed by atoms with Crippen molar-refractivity contribution in [1.82, 2.24) is 0 Å². The van der Waals surface area contributed by atoms with Gasteiger partial charge in [0.1, 0.15) is 0 Å². The fraction of sp³-hybridized carbons (Fsp3) is 0.462. The van der Waals surface area contributed by atoms with Gasteiger partial charge in [0.25, 0.3) is 0 Å². The van der Waals surface area contributed by atoms with Crippen LogP contribution in [0.1, 0.15) is 12.8 Å². The minimum atomic E-state index is -0.851. The molecule has 21 heavy (non-hydrogen) atoms. The van der Waals surface area contributed by atoms with Crippen molar-refractivity contribution >= 4 is 17.3 Å². The molecule has 2 rings (SSSR count). The van der Waals surface area contributed by atoms with Gasteiger partial charge in [-0.05, 0) is 12.8 Å². The number of hydrogen-bond donors (Lipinski definition) is 1. The molecule has 1 aliphatic heterocycles. The Bertz CT molecular complexity index is 570. The maximum Gasteiger partial charge on any atom is 0.313 e. The molecular weight excluding hydrogens is 283 g/mol. The number of nitro benzene ring substituents is 1. The first-order valence-electron chi connectivity index (χ1n) is 6.43. The highest BCUT2D eigenvalue weighted by Gasteiger charge is 2.28. The third-order valence-corrected chi connectivity index (χ3v) is 3.63. The van der Waals surface area contributed by atoms with Gasteiger partial charge in [0.05, 0.1) is 29.7 Å². The minimum Gasteiger partial charge on any atom is -0.490 e. The molecule has 1 aromatic rings. The van der Waals surface area contributed by atoms with E-state index in [-0.39, 0.29) is 11.4 Å². The Morgan fingerprint density at radius 1 is 1.48 bits per heavy atom. The molecule has 0 aliphatic carbocycles. The molecule has 0 aromatic heterocycles. The topological polar surface area (TPSA) is 92.9 Å². The molecule has 0 radical (unpaired) electrons. The van der Waals surface area contributed by atoms with Crippen molar-refractivity contribution in [2.45, 2.75) is 12.8 Å². The van der Waals surface area contributed by atoms with E-state index < -0.39 is 28.3 Å². The quantitative estimate of drug-likeness (QED) is 0.675. The number of hydrogen-bond acceptors (Lipinski definition) is 5. The highest BCUT2D eigenvalue weighted by atomic mass is 19.1. The van der Waals surface area contributed by atoms with Crippen molar-refractivity contribution in [2.75, 3.05) is 25.1 Å². The highest BCUT2D eigenvalue weighted by Crippen LogP contribution is 2.35. The van der Waals surface area contributed by atoms with E-state index in [1.807, 2.05) is 0 Å². The summed E-state index contributed by atoms with van der Waals surface area (Å²) < 4.78 is 19.0. The summed E-state index contributed by atoms with van der Waals surface area (Å²) in [6, 6.07) is 2.12. The molecule has 8 heteroatoms. The Labute approximate surface area is 120 Å². The average molecular weight is 298 g/mol. The van der Waals surface area contributed by atoms with Gasteiger partial charge in [-0.2, -0.15) is 0 Å². The third kappa shape index (κ3) is 3.04. The normalized spacial score (nSPS) is 15.8. The number of rotatable bonds is 4. The molecule has 1 N–H and O–H groups in total. The van der Waals surface area contributed by atoms with Crippen LogP contribution in [0.15, 0.2) is 12.1 Å². The molecule has 0 amide bonds. The number of carboxylic acids is 1. The fourth-order valence-electron chi connectivity index (χ4n) is 2.45. The fourth-order valence-corrected chi connectivity index (χ4v) is 2.45. The Hall–Kier alpha value is -2.38. The summed E-state index contributed by atoms with van der Waals surface area (Å²) in [5.41, 5.74) is -0.236. The van der Waals surface area contributed by atoms with Crippen LogP contribution in [-0.4, -0.2) is 36.2 Å². The number of carbonyl (C=O) groups is 1. The zero-order valence-corrected chi connectivity index (χ0v) is 11.4. The molecule has 114 valence electrons. The number of benzene rings is 1. The summed E-state index contributed by atoms with van der Waals surface area (Å²) >= 11 is 0. The lowest BCUT2D eigenvalue weighted by molar-refractivity contribution is -0.385. The second-order valence-electron chi connectivity index (χ2n) is 4.83. The van der Waals surface area contributed by atoms with Crippen LogP contribution < -0.4 is 9.64 Å². The molecule has 1 fully saturated rings. The number of nitrogens with zero attached hydrogens (tertiary/aromatic N) is 2. The molecule has 0 atom stereocenters. The predicted octanol–water partition coefficient (Wildman–Crippen LogP) is 2.04. The monoisotopic (exact) mass is 298 g/mol. The van der Waals surface area contributed by atoms with Crippen LogP contribution in [-0.2, 0) is 4.79 Å². The molecule has 1 aliphatic rings. The second kappa shape index (κ2) is 5.94. The highest BCUT2D eigenvalue weighted by molar-refractivity contribution is 5.70. The lowest BCUT2D eigenvalue weighted by Gasteiger charge is -2.32. The van der Waals surface area contributed by atoms with E-state index in [1.54, 1.807) is 4.90 Å². The van der Waals surface area contributed by atoms with Crippen LogP contribution in [0.4, 0.5) is 15.8 Å². The van der Waals surface area contributed by atoms with Gasteiger partial charge >= 0.3 is 11.7 Å². The van der Waals surface area contributed by atoms with E-state index in [4.69, 9.17) is 9.84 Å². The SMILES string of the molecule is COc1cc(N2CCC(C(=O)O)CC2)c(F)cc1[N+](=O)[O-]. The van der Waals surface area contributed by atoms with E-state index in [0.717, 1.165) is 6.07 Å². The summed E-state index contributed by atoms with van der Waals surface area (Å²) in [6.45, 7) is 0.768.